The van der Waals surface area contributed by atoms with Gasteiger partial charge < -0.3 is 5.32 Å². The van der Waals surface area contributed by atoms with Gasteiger partial charge in [0.2, 0.25) is 0 Å². The molecule has 0 fully saturated rings. The van der Waals surface area contributed by atoms with Crippen LogP contribution in [0.2, 0.25) is 0 Å². The molecule has 0 atom stereocenters. The highest BCUT2D eigenvalue weighted by atomic mass is 14.9. The summed E-state index contributed by atoms with van der Waals surface area (Å²) in [5.41, 5.74) is 3.91. The summed E-state index contributed by atoms with van der Waals surface area (Å²) in [5.74, 6) is 0. The van der Waals surface area contributed by atoms with E-state index >= 15 is 0 Å². The highest BCUT2D eigenvalue weighted by Crippen LogP contribution is 2.25. The predicted octanol–water partition coefficient (Wildman–Crippen LogP) is 3.19. The number of nitrogens with zero attached hydrogens (tertiary/aromatic N) is 3. The second-order valence-electron chi connectivity index (χ2n) is 4.17. The maximum atomic E-state index is 9.20. The predicted molar refractivity (Wildman–Crippen MR) is 72.9 cm³/mol. The molecule has 4 nitrogen and oxygen atoms in total. The number of aryl methyl sites for hydroxylation is 2. The van der Waals surface area contributed by atoms with Crippen molar-refractivity contribution in [1.29, 1.82) is 10.5 Å². The smallest absolute Gasteiger partial charge is 0.103 e. The van der Waals surface area contributed by atoms with Crippen molar-refractivity contribution in [3.05, 3.63) is 52.8 Å². The van der Waals surface area contributed by atoms with Gasteiger partial charge in [0.25, 0.3) is 0 Å². The third-order valence-electron chi connectivity index (χ3n) is 2.76. The molecule has 0 aliphatic carbocycles. The Kier molecular flexibility index (Phi) is 3.45. The van der Waals surface area contributed by atoms with E-state index < -0.39 is 0 Å². The van der Waals surface area contributed by atoms with Crippen LogP contribution in [0.15, 0.2) is 30.3 Å². The Morgan fingerprint density at radius 1 is 1.05 bits per heavy atom. The Balaban J connectivity index is 2.50. The average Bonchev–Trinajstić information content (AvgIpc) is 2.39. The van der Waals surface area contributed by atoms with Crippen LogP contribution in [0, 0.1) is 36.5 Å². The minimum absolute atomic E-state index is 0.498. The van der Waals surface area contributed by atoms with Crippen LogP contribution in [0.5, 0.6) is 0 Å². The third-order valence-corrected chi connectivity index (χ3v) is 2.76. The first-order chi connectivity index (χ1) is 9.15. The minimum Gasteiger partial charge on any atom is -0.353 e. The molecule has 0 saturated carbocycles. The van der Waals surface area contributed by atoms with Gasteiger partial charge in [-0.15, -0.1) is 0 Å². The van der Waals surface area contributed by atoms with Crippen molar-refractivity contribution in [2.45, 2.75) is 13.8 Å². The van der Waals surface area contributed by atoms with Crippen molar-refractivity contribution >= 4 is 11.4 Å². The fraction of sp³-hybridized carbons (Fsp3) is 0.133. The molecule has 0 saturated heterocycles. The normalized spacial score (nSPS) is 9.47. The van der Waals surface area contributed by atoms with E-state index in [1.807, 2.05) is 19.1 Å². The maximum Gasteiger partial charge on any atom is 0.103 e. The van der Waals surface area contributed by atoms with Gasteiger partial charge in [-0.25, -0.2) is 0 Å². The Hall–Kier alpha value is -2.85. The van der Waals surface area contributed by atoms with Crippen LogP contribution in [0.1, 0.15) is 22.5 Å². The molecular formula is C15H12N4. The molecule has 0 amide bonds. The first-order valence-electron chi connectivity index (χ1n) is 5.80. The van der Waals surface area contributed by atoms with Crippen LogP contribution < -0.4 is 5.32 Å². The molecule has 1 N–H and O–H groups in total. The van der Waals surface area contributed by atoms with E-state index in [1.54, 1.807) is 25.1 Å². The Bertz CT molecular complexity index is 705. The zero-order valence-corrected chi connectivity index (χ0v) is 10.7. The number of para-hydroxylation sites is 1. The van der Waals surface area contributed by atoms with Gasteiger partial charge in [-0.2, -0.15) is 10.5 Å². The topological polar surface area (TPSA) is 72.5 Å². The maximum absolute atomic E-state index is 9.20. The van der Waals surface area contributed by atoms with Crippen molar-refractivity contribution < 1.29 is 0 Å². The molecule has 0 radical (unpaired) electrons. The van der Waals surface area contributed by atoms with Crippen LogP contribution in [0.3, 0.4) is 0 Å². The van der Waals surface area contributed by atoms with Crippen molar-refractivity contribution in [3.8, 4) is 12.1 Å². The van der Waals surface area contributed by atoms with Gasteiger partial charge in [-0.3, -0.25) is 4.98 Å². The quantitative estimate of drug-likeness (QED) is 0.885. The van der Waals surface area contributed by atoms with E-state index in [0.717, 1.165) is 5.69 Å². The third kappa shape index (κ3) is 2.53. The minimum atomic E-state index is 0.498. The highest BCUT2D eigenvalue weighted by Gasteiger charge is 2.09. The highest BCUT2D eigenvalue weighted by molar-refractivity contribution is 5.71. The number of benzene rings is 1. The number of hydrogen-bond donors (Lipinski definition) is 1. The molecule has 4 heteroatoms. The van der Waals surface area contributed by atoms with Gasteiger partial charge in [-0.1, -0.05) is 12.1 Å². The standard InChI is InChI=1S/C15H12N4/c1-10-7-15(13(9-17)11(2)18-10)19-14-6-4-3-5-12(14)8-16/h3-7H,1-2H3,(H,18,19). The second-order valence-corrected chi connectivity index (χ2v) is 4.17. The molecule has 2 aromatic rings. The number of rotatable bonds is 2. The fourth-order valence-corrected chi connectivity index (χ4v) is 1.90. The van der Waals surface area contributed by atoms with Crippen LogP contribution in [0.4, 0.5) is 11.4 Å². The fourth-order valence-electron chi connectivity index (χ4n) is 1.90. The van der Waals surface area contributed by atoms with E-state index in [4.69, 9.17) is 5.26 Å². The molecule has 1 aromatic carbocycles. The molecule has 1 aromatic heterocycles. The number of nitrogens with one attached hydrogen (secondary N) is 1. The van der Waals surface area contributed by atoms with Gasteiger partial charge >= 0.3 is 0 Å². The van der Waals surface area contributed by atoms with Gasteiger partial charge in [-0.05, 0) is 32.0 Å². The van der Waals surface area contributed by atoms with E-state index in [2.05, 4.69) is 22.4 Å². The molecule has 0 spiro atoms. The first kappa shape index (κ1) is 12.6. The Morgan fingerprint density at radius 2 is 1.79 bits per heavy atom. The molecule has 0 aliphatic rings. The summed E-state index contributed by atoms with van der Waals surface area (Å²) in [6, 6.07) is 13.3. The lowest BCUT2D eigenvalue weighted by Crippen LogP contribution is -2.00. The summed E-state index contributed by atoms with van der Waals surface area (Å²) in [6.07, 6.45) is 0. The number of aromatic nitrogens is 1. The van der Waals surface area contributed by atoms with Gasteiger partial charge in [0.15, 0.2) is 0 Å². The van der Waals surface area contributed by atoms with Crippen LogP contribution >= 0.6 is 0 Å². The molecular weight excluding hydrogens is 236 g/mol. The van der Waals surface area contributed by atoms with E-state index in [1.165, 1.54) is 0 Å². The second kappa shape index (κ2) is 5.20. The molecule has 0 unspecified atom stereocenters. The number of pyridine rings is 1. The van der Waals surface area contributed by atoms with E-state index in [0.29, 0.717) is 28.2 Å². The summed E-state index contributed by atoms with van der Waals surface area (Å²) in [4.78, 5) is 4.26. The summed E-state index contributed by atoms with van der Waals surface area (Å²) in [5, 5.41) is 21.4. The van der Waals surface area contributed by atoms with Gasteiger partial charge in [0, 0.05) is 5.69 Å². The zero-order chi connectivity index (χ0) is 13.8. The molecule has 0 bridgehead atoms. The lowest BCUT2D eigenvalue weighted by molar-refractivity contribution is 1.11. The molecule has 92 valence electrons. The largest absolute Gasteiger partial charge is 0.353 e. The summed E-state index contributed by atoms with van der Waals surface area (Å²) in [6.45, 7) is 3.67. The molecule has 19 heavy (non-hydrogen) atoms. The summed E-state index contributed by atoms with van der Waals surface area (Å²) >= 11 is 0. The average molecular weight is 248 g/mol. The van der Waals surface area contributed by atoms with Crippen molar-refractivity contribution in [2.75, 3.05) is 5.32 Å². The van der Waals surface area contributed by atoms with E-state index in [9.17, 15) is 5.26 Å². The number of hydrogen-bond acceptors (Lipinski definition) is 4. The van der Waals surface area contributed by atoms with Crippen LogP contribution in [-0.4, -0.2) is 4.98 Å². The monoisotopic (exact) mass is 248 g/mol. The molecule has 1 heterocycles. The number of anilines is 2. The zero-order valence-electron chi connectivity index (χ0n) is 10.7. The van der Waals surface area contributed by atoms with Gasteiger partial charge in [0.05, 0.1) is 28.2 Å². The molecule has 0 aliphatic heterocycles. The lowest BCUT2D eigenvalue weighted by Gasteiger charge is -2.11. The number of nitriles is 2. The SMILES string of the molecule is Cc1cc(Nc2ccccc2C#N)c(C#N)c(C)n1. The van der Waals surface area contributed by atoms with Crippen molar-refractivity contribution in [1.82, 2.24) is 4.98 Å². The first-order valence-corrected chi connectivity index (χ1v) is 5.80. The van der Waals surface area contributed by atoms with Gasteiger partial charge in [0.1, 0.15) is 12.1 Å². The molecule has 2 rings (SSSR count). The van der Waals surface area contributed by atoms with Crippen LogP contribution in [-0.2, 0) is 0 Å². The van der Waals surface area contributed by atoms with Crippen LogP contribution in [0.25, 0.3) is 0 Å². The van der Waals surface area contributed by atoms with E-state index in [-0.39, 0.29) is 0 Å². The lowest BCUT2D eigenvalue weighted by atomic mass is 10.1. The summed E-state index contributed by atoms with van der Waals surface area (Å²) in [7, 11) is 0. The van der Waals surface area contributed by atoms with Crippen molar-refractivity contribution in [3.63, 3.8) is 0 Å². The Morgan fingerprint density at radius 3 is 2.47 bits per heavy atom. The Labute approximate surface area is 112 Å². The van der Waals surface area contributed by atoms with Crippen molar-refractivity contribution in [2.24, 2.45) is 0 Å². The summed E-state index contributed by atoms with van der Waals surface area (Å²) < 4.78 is 0.